The fourth-order valence-corrected chi connectivity index (χ4v) is 1.62. The number of carbonyl (C=O) groups is 2. The summed E-state index contributed by atoms with van der Waals surface area (Å²) < 4.78 is 5.79. The monoisotopic (exact) mass is 274 g/mol. The molecule has 0 saturated carbocycles. The van der Waals surface area contributed by atoms with Crippen LogP contribution in [0.25, 0.3) is 0 Å². The maximum absolute atomic E-state index is 11.9. The molecule has 1 aromatic heterocycles. The number of methoxy groups -OCH3 is 1. The Labute approximate surface area is 115 Å². The third-order valence-corrected chi connectivity index (χ3v) is 2.66. The molecule has 20 heavy (non-hydrogen) atoms. The number of amides is 1. The average molecular weight is 274 g/mol. The summed E-state index contributed by atoms with van der Waals surface area (Å²) >= 11 is 0. The minimum absolute atomic E-state index is 0.0294. The van der Waals surface area contributed by atoms with Gasteiger partial charge in [-0.2, -0.15) is 0 Å². The topological polar surface area (TPSA) is 86.1 Å². The van der Waals surface area contributed by atoms with Crippen molar-refractivity contribution in [2.75, 3.05) is 12.4 Å². The Balaban J connectivity index is 2.00. The summed E-state index contributed by atoms with van der Waals surface area (Å²) in [6.07, 6.45) is 1.36. The van der Waals surface area contributed by atoms with Gasteiger partial charge in [-0.3, -0.25) is 4.79 Å². The Bertz CT molecular complexity index is 636. The van der Waals surface area contributed by atoms with E-state index in [4.69, 9.17) is 0 Å². The zero-order valence-corrected chi connectivity index (χ0v) is 11.2. The van der Waals surface area contributed by atoms with Gasteiger partial charge in [-0.1, -0.05) is 23.4 Å². The number of aryl methyl sites for hydroxylation is 1. The Kier molecular flexibility index (Phi) is 4.09. The fraction of sp³-hybridized carbons (Fsp3) is 0.231. The molecule has 0 aliphatic carbocycles. The Morgan fingerprint density at radius 1 is 1.35 bits per heavy atom. The van der Waals surface area contributed by atoms with Crippen LogP contribution in [-0.2, 0) is 16.1 Å². The highest BCUT2D eigenvalue weighted by Crippen LogP contribution is 2.12. The molecule has 0 unspecified atom stereocenters. The number of hydrogen-bond acceptors (Lipinski definition) is 5. The molecule has 0 bridgehead atoms. The normalized spacial score (nSPS) is 10.1. The number of esters is 1. The van der Waals surface area contributed by atoms with E-state index in [2.05, 4.69) is 20.4 Å². The second-order valence-electron chi connectivity index (χ2n) is 4.16. The van der Waals surface area contributed by atoms with Gasteiger partial charge in [-0.05, 0) is 18.6 Å². The number of nitrogens with zero attached hydrogens (tertiary/aromatic N) is 3. The number of hydrogen-bond donors (Lipinski definition) is 1. The molecule has 0 saturated heterocycles. The summed E-state index contributed by atoms with van der Waals surface area (Å²) in [6, 6.07) is 7.45. The molecular formula is C13H14N4O3. The minimum atomic E-state index is -0.587. The lowest BCUT2D eigenvalue weighted by Crippen LogP contribution is -2.19. The van der Waals surface area contributed by atoms with Gasteiger partial charge in [0.15, 0.2) is 5.69 Å². The van der Waals surface area contributed by atoms with Crippen molar-refractivity contribution in [2.24, 2.45) is 0 Å². The lowest BCUT2D eigenvalue weighted by Gasteiger charge is -2.07. The Hall–Kier alpha value is -2.70. The smallest absolute Gasteiger partial charge is 0.360 e. The first-order valence-electron chi connectivity index (χ1n) is 5.94. The third-order valence-electron chi connectivity index (χ3n) is 2.66. The number of para-hydroxylation sites is 1. The molecule has 0 aliphatic heterocycles. The number of aromatic nitrogens is 3. The van der Waals surface area contributed by atoms with Crippen LogP contribution >= 0.6 is 0 Å². The van der Waals surface area contributed by atoms with Gasteiger partial charge in [-0.25, -0.2) is 9.48 Å². The molecule has 2 aromatic rings. The van der Waals surface area contributed by atoms with Crippen LogP contribution in [0.5, 0.6) is 0 Å². The van der Waals surface area contributed by atoms with Gasteiger partial charge < -0.3 is 10.1 Å². The number of benzene rings is 1. The maximum atomic E-state index is 11.9. The SMILES string of the molecule is COC(=O)c1cn(CC(=O)Nc2ccccc2C)nn1. The van der Waals surface area contributed by atoms with Crippen molar-refractivity contribution in [3.8, 4) is 0 Å². The highest BCUT2D eigenvalue weighted by Gasteiger charge is 2.12. The molecule has 1 amide bonds. The first-order chi connectivity index (χ1) is 9.60. The number of rotatable bonds is 4. The number of nitrogens with one attached hydrogen (secondary N) is 1. The summed E-state index contributed by atoms with van der Waals surface area (Å²) in [4.78, 5) is 23.1. The molecule has 7 nitrogen and oxygen atoms in total. The molecule has 0 fully saturated rings. The lowest BCUT2D eigenvalue weighted by atomic mass is 10.2. The van der Waals surface area contributed by atoms with Crippen molar-refractivity contribution < 1.29 is 14.3 Å². The predicted molar refractivity (Wildman–Crippen MR) is 71.2 cm³/mol. The van der Waals surface area contributed by atoms with E-state index in [0.29, 0.717) is 0 Å². The Morgan fingerprint density at radius 3 is 2.80 bits per heavy atom. The van der Waals surface area contributed by atoms with Crippen molar-refractivity contribution >= 4 is 17.6 Å². The van der Waals surface area contributed by atoms with E-state index >= 15 is 0 Å². The quantitative estimate of drug-likeness (QED) is 0.841. The Morgan fingerprint density at radius 2 is 2.10 bits per heavy atom. The second kappa shape index (κ2) is 5.96. The molecule has 2 rings (SSSR count). The second-order valence-corrected chi connectivity index (χ2v) is 4.16. The van der Waals surface area contributed by atoms with E-state index < -0.39 is 5.97 Å². The van der Waals surface area contributed by atoms with Gasteiger partial charge in [0.2, 0.25) is 5.91 Å². The van der Waals surface area contributed by atoms with Crippen molar-refractivity contribution in [1.29, 1.82) is 0 Å². The first-order valence-corrected chi connectivity index (χ1v) is 5.94. The van der Waals surface area contributed by atoms with Gasteiger partial charge >= 0.3 is 5.97 Å². The number of carbonyl (C=O) groups excluding carboxylic acids is 2. The van der Waals surface area contributed by atoms with Crippen LogP contribution in [0.15, 0.2) is 30.5 Å². The molecule has 1 heterocycles. The molecule has 0 radical (unpaired) electrons. The van der Waals surface area contributed by atoms with Crippen LogP contribution in [0.2, 0.25) is 0 Å². The average Bonchev–Trinajstić information content (AvgIpc) is 2.89. The van der Waals surface area contributed by atoms with Crippen LogP contribution in [0, 0.1) is 6.92 Å². The molecule has 0 aliphatic rings. The summed E-state index contributed by atoms with van der Waals surface area (Å²) in [5.74, 6) is -0.837. The summed E-state index contributed by atoms with van der Waals surface area (Å²) in [7, 11) is 1.26. The summed E-state index contributed by atoms with van der Waals surface area (Å²) in [5, 5.41) is 10.1. The van der Waals surface area contributed by atoms with E-state index in [1.165, 1.54) is 18.0 Å². The molecule has 1 aromatic carbocycles. The van der Waals surface area contributed by atoms with E-state index in [-0.39, 0.29) is 18.1 Å². The van der Waals surface area contributed by atoms with E-state index in [1.807, 2.05) is 31.2 Å². The van der Waals surface area contributed by atoms with Gasteiger partial charge in [0, 0.05) is 5.69 Å². The summed E-state index contributed by atoms with van der Waals surface area (Å²) in [6.45, 7) is 1.87. The predicted octanol–water partition coefficient (Wildman–Crippen LogP) is 1.01. The van der Waals surface area contributed by atoms with E-state index in [9.17, 15) is 9.59 Å². The van der Waals surface area contributed by atoms with E-state index in [1.54, 1.807) is 0 Å². The third kappa shape index (κ3) is 3.19. The maximum Gasteiger partial charge on any atom is 0.360 e. The highest BCUT2D eigenvalue weighted by atomic mass is 16.5. The van der Waals surface area contributed by atoms with Crippen molar-refractivity contribution in [3.63, 3.8) is 0 Å². The van der Waals surface area contributed by atoms with Crippen LogP contribution in [0.1, 0.15) is 16.1 Å². The van der Waals surface area contributed by atoms with Gasteiger partial charge in [0.1, 0.15) is 6.54 Å². The summed E-state index contributed by atoms with van der Waals surface area (Å²) in [5.41, 5.74) is 1.77. The van der Waals surface area contributed by atoms with Crippen molar-refractivity contribution in [3.05, 3.63) is 41.7 Å². The number of ether oxygens (including phenoxy) is 1. The molecule has 104 valence electrons. The van der Waals surface area contributed by atoms with Crippen LogP contribution in [0.4, 0.5) is 5.69 Å². The zero-order valence-electron chi connectivity index (χ0n) is 11.2. The van der Waals surface area contributed by atoms with Gasteiger partial charge in [0.25, 0.3) is 0 Å². The highest BCUT2D eigenvalue weighted by molar-refractivity contribution is 5.91. The molecule has 0 atom stereocenters. The van der Waals surface area contributed by atoms with Gasteiger partial charge in [0.05, 0.1) is 13.3 Å². The minimum Gasteiger partial charge on any atom is -0.464 e. The zero-order chi connectivity index (χ0) is 14.5. The molecule has 7 heteroatoms. The fourth-order valence-electron chi connectivity index (χ4n) is 1.62. The standard InChI is InChI=1S/C13H14N4O3/c1-9-5-3-4-6-10(9)14-12(18)8-17-7-11(15-16-17)13(19)20-2/h3-7H,8H2,1-2H3,(H,14,18). The number of anilines is 1. The van der Waals surface area contributed by atoms with Crippen molar-refractivity contribution in [2.45, 2.75) is 13.5 Å². The molecule has 0 spiro atoms. The molecule has 1 N–H and O–H groups in total. The van der Waals surface area contributed by atoms with E-state index in [0.717, 1.165) is 11.3 Å². The lowest BCUT2D eigenvalue weighted by molar-refractivity contribution is -0.116. The molecular weight excluding hydrogens is 260 g/mol. The first kappa shape index (κ1) is 13.7. The van der Waals surface area contributed by atoms with Crippen LogP contribution < -0.4 is 5.32 Å². The van der Waals surface area contributed by atoms with Crippen LogP contribution in [0.3, 0.4) is 0 Å². The van der Waals surface area contributed by atoms with Crippen molar-refractivity contribution in [1.82, 2.24) is 15.0 Å². The van der Waals surface area contributed by atoms with Gasteiger partial charge in [-0.15, -0.1) is 5.10 Å². The van der Waals surface area contributed by atoms with Crippen LogP contribution in [-0.4, -0.2) is 34.0 Å². The largest absolute Gasteiger partial charge is 0.464 e.